The first-order valence-corrected chi connectivity index (χ1v) is 5.96. The zero-order valence-electron chi connectivity index (χ0n) is 8.85. The molecule has 0 aliphatic heterocycles. The lowest BCUT2D eigenvalue weighted by Crippen LogP contribution is -1.88. The van der Waals surface area contributed by atoms with Gasteiger partial charge in [-0.15, -0.1) is 11.3 Å². The van der Waals surface area contributed by atoms with Gasteiger partial charge in [-0.2, -0.15) is 0 Å². The number of fused-ring (bicyclic) bond motifs is 1. The maximum atomic E-state index is 13.1. The van der Waals surface area contributed by atoms with Gasteiger partial charge in [0.1, 0.15) is 10.8 Å². The molecule has 17 heavy (non-hydrogen) atoms. The fourth-order valence-corrected chi connectivity index (χ4v) is 2.70. The van der Waals surface area contributed by atoms with Gasteiger partial charge in [0.15, 0.2) is 0 Å². The summed E-state index contributed by atoms with van der Waals surface area (Å²) in [4.78, 5) is 4.40. The Kier molecular flexibility index (Phi) is 2.30. The molecule has 4 heteroatoms. The number of halogens is 1. The van der Waals surface area contributed by atoms with Crippen LogP contribution in [0, 0.1) is 5.82 Å². The van der Waals surface area contributed by atoms with Gasteiger partial charge in [0.25, 0.3) is 0 Å². The van der Waals surface area contributed by atoms with Gasteiger partial charge in [-0.25, -0.2) is 9.37 Å². The molecule has 0 amide bonds. The lowest BCUT2D eigenvalue weighted by atomic mass is 10.2. The molecule has 0 aliphatic rings. The van der Waals surface area contributed by atoms with Crippen LogP contribution < -0.4 is 5.73 Å². The Morgan fingerprint density at radius 1 is 1.12 bits per heavy atom. The Labute approximate surface area is 102 Å². The molecule has 0 aliphatic carbocycles. The highest BCUT2D eigenvalue weighted by Crippen LogP contribution is 2.33. The molecule has 3 rings (SSSR count). The molecule has 0 fully saturated rings. The minimum Gasteiger partial charge on any atom is -0.398 e. The van der Waals surface area contributed by atoms with Crippen molar-refractivity contribution in [2.45, 2.75) is 0 Å². The van der Waals surface area contributed by atoms with Crippen molar-refractivity contribution in [3.05, 3.63) is 48.3 Å². The van der Waals surface area contributed by atoms with Gasteiger partial charge in [0, 0.05) is 17.3 Å². The standard InChI is InChI=1S/C13H9FN2S/c14-8-5-6-12-11(7-8)16-13(17-12)9-3-1-2-4-10(9)15/h1-7H,15H2. The van der Waals surface area contributed by atoms with E-state index in [1.54, 1.807) is 6.07 Å². The molecule has 2 N–H and O–H groups in total. The Hall–Kier alpha value is -1.94. The van der Waals surface area contributed by atoms with E-state index >= 15 is 0 Å². The lowest BCUT2D eigenvalue weighted by molar-refractivity contribution is 0.629. The van der Waals surface area contributed by atoms with Crippen LogP contribution in [0.2, 0.25) is 0 Å². The van der Waals surface area contributed by atoms with E-state index in [-0.39, 0.29) is 5.82 Å². The number of nitrogen functional groups attached to an aromatic ring is 1. The predicted molar refractivity (Wildman–Crippen MR) is 69.4 cm³/mol. The summed E-state index contributed by atoms with van der Waals surface area (Å²) >= 11 is 1.52. The van der Waals surface area contributed by atoms with E-state index in [2.05, 4.69) is 4.98 Å². The number of hydrogen-bond donors (Lipinski definition) is 1. The number of aromatic nitrogens is 1. The zero-order chi connectivity index (χ0) is 11.8. The average Bonchev–Trinajstić information content (AvgIpc) is 2.72. The van der Waals surface area contributed by atoms with Gasteiger partial charge in [-0.05, 0) is 24.3 Å². The fraction of sp³-hybridized carbons (Fsp3) is 0. The molecule has 84 valence electrons. The van der Waals surface area contributed by atoms with E-state index in [4.69, 9.17) is 5.73 Å². The molecule has 3 aromatic rings. The van der Waals surface area contributed by atoms with Crippen LogP contribution in [0.5, 0.6) is 0 Å². The third kappa shape index (κ3) is 1.76. The van der Waals surface area contributed by atoms with Gasteiger partial charge in [0.05, 0.1) is 10.2 Å². The number of thiazole rings is 1. The Morgan fingerprint density at radius 2 is 1.94 bits per heavy atom. The van der Waals surface area contributed by atoms with E-state index in [1.807, 2.05) is 24.3 Å². The Bertz CT molecular complexity index is 691. The Balaban J connectivity index is 2.22. The lowest BCUT2D eigenvalue weighted by Gasteiger charge is -1.99. The summed E-state index contributed by atoms with van der Waals surface area (Å²) in [7, 11) is 0. The summed E-state index contributed by atoms with van der Waals surface area (Å²) in [5.41, 5.74) is 8.16. The normalized spacial score (nSPS) is 10.9. The molecule has 0 spiro atoms. The monoisotopic (exact) mass is 244 g/mol. The molecule has 2 aromatic carbocycles. The van der Waals surface area contributed by atoms with E-state index in [0.29, 0.717) is 11.2 Å². The molecular formula is C13H9FN2S. The topological polar surface area (TPSA) is 38.9 Å². The second kappa shape index (κ2) is 3.82. The van der Waals surface area contributed by atoms with E-state index in [9.17, 15) is 4.39 Å². The zero-order valence-corrected chi connectivity index (χ0v) is 9.67. The SMILES string of the molecule is Nc1ccccc1-c1nc2cc(F)ccc2s1. The van der Waals surface area contributed by atoms with Gasteiger partial charge < -0.3 is 5.73 Å². The van der Waals surface area contributed by atoms with Gasteiger partial charge >= 0.3 is 0 Å². The fourth-order valence-electron chi connectivity index (χ4n) is 1.71. The highest BCUT2D eigenvalue weighted by atomic mass is 32.1. The number of nitrogens with two attached hydrogens (primary N) is 1. The molecule has 0 bridgehead atoms. The van der Waals surface area contributed by atoms with Crippen LogP contribution in [-0.4, -0.2) is 4.98 Å². The number of para-hydroxylation sites is 1. The largest absolute Gasteiger partial charge is 0.398 e. The summed E-state index contributed by atoms with van der Waals surface area (Å²) in [6.07, 6.45) is 0. The van der Waals surface area contributed by atoms with Crippen molar-refractivity contribution in [2.24, 2.45) is 0 Å². The minimum atomic E-state index is -0.268. The van der Waals surface area contributed by atoms with Gasteiger partial charge in [0.2, 0.25) is 0 Å². The molecular weight excluding hydrogens is 235 g/mol. The highest BCUT2D eigenvalue weighted by molar-refractivity contribution is 7.21. The molecule has 1 aromatic heterocycles. The highest BCUT2D eigenvalue weighted by Gasteiger charge is 2.08. The van der Waals surface area contributed by atoms with Crippen molar-refractivity contribution >= 4 is 27.2 Å². The summed E-state index contributed by atoms with van der Waals surface area (Å²) in [6.45, 7) is 0. The van der Waals surface area contributed by atoms with E-state index in [1.165, 1.54) is 23.5 Å². The first-order valence-electron chi connectivity index (χ1n) is 5.15. The maximum Gasteiger partial charge on any atom is 0.126 e. The summed E-state index contributed by atoms with van der Waals surface area (Å²) in [5, 5.41) is 0.823. The van der Waals surface area contributed by atoms with Crippen molar-refractivity contribution in [1.29, 1.82) is 0 Å². The number of anilines is 1. The number of nitrogens with zero attached hydrogens (tertiary/aromatic N) is 1. The van der Waals surface area contributed by atoms with Crippen molar-refractivity contribution in [3.63, 3.8) is 0 Å². The molecule has 2 nitrogen and oxygen atoms in total. The minimum absolute atomic E-state index is 0.268. The molecule has 0 unspecified atom stereocenters. The number of benzene rings is 2. The van der Waals surface area contributed by atoms with Crippen molar-refractivity contribution < 1.29 is 4.39 Å². The van der Waals surface area contributed by atoms with Gasteiger partial charge in [-0.3, -0.25) is 0 Å². The van der Waals surface area contributed by atoms with Crippen LogP contribution in [0.15, 0.2) is 42.5 Å². The van der Waals surface area contributed by atoms with Gasteiger partial charge in [-0.1, -0.05) is 12.1 Å². The second-order valence-electron chi connectivity index (χ2n) is 3.72. The third-order valence-electron chi connectivity index (χ3n) is 2.54. The van der Waals surface area contributed by atoms with Crippen molar-refractivity contribution in [3.8, 4) is 10.6 Å². The summed E-state index contributed by atoms with van der Waals surface area (Å²) < 4.78 is 14.0. The molecule has 0 saturated heterocycles. The van der Waals surface area contributed by atoms with E-state index < -0.39 is 0 Å². The predicted octanol–water partition coefficient (Wildman–Crippen LogP) is 3.68. The van der Waals surface area contributed by atoms with Crippen LogP contribution >= 0.6 is 11.3 Å². The van der Waals surface area contributed by atoms with Crippen molar-refractivity contribution in [1.82, 2.24) is 4.98 Å². The Morgan fingerprint density at radius 3 is 2.76 bits per heavy atom. The first-order chi connectivity index (χ1) is 8.24. The molecule has 0 saturated carbocycles. The van der Waals surface area contributed by atoms with Crippen LogP contribution in [-0.2, 0) is 0 Å². The smallest absolute Gasteiger partial charge is 0.126 e. The number of rotatable bonds is 1. The third-order valence-corrected chi connectivity index (χ3v) is 3.61. The second-order valence-corrected chi connectivity index (χ2v) is 4.75. The first kappa shape index (κ1) is 10.2. The van der Waals surface area contributed by atoms with Crippen molar-refractivity contribution in [2.75, 3.05) is 5.73 Å². The average molecular weight is 244 g/mol. The summed E-state index contributed by atoms with van der Waals surface area (Å²) in [6, 6.07) is 12.2. The molecule has 0 radical (unpaired) electrons. The molecule has 0 atom stereocenters. The quantitative estimate of drug-likeness (QED) is 0.663. The maximum absolute atomic E-state index is 13.1. The van der Waals surface area contributed by atoms with Crippen LogP contribution in [0.25, 0.3) is 20.8 Å². The number of hydrogen-bond acceptors (Lipinski definition) is 3. The van der Waals surface area contributed by atoms with Crippen LogP contribution in [0.3, 0.4) is 0 Å². The van der Waals surface area contributed by atoms with Crippen LogP contribution in [0.4, 0.5) is 10.1 Å². The van der Waals surface area contributed by atoms with Crippen LogP contribution in [0.1, 0.15) is 0 Å². The van der Waals surface area contributed by atoms with E-state index in [0.717, 1.165) is 15.3 Å². The molecule has 1 heterocycles. The summed E-state index contributed by atoms with van der Waals surface area (Å²) in [5.74, 6) is -0.268.